The van der Waals surface area contributed by atoms with E-state index in [4.69, 9.17) is 4.74 Å². The second-order valence-corrected chi connectivity index (χ2v) is 7.85. The van der Waals surface area contributed by atoms with E-state index in [0.717, 1.165) is 48.2 Å². The molecule has 1 amide bonds. The Hall–Kier alpha value is -0.920. The molecule has 1 aliphatic heterocycles. The number of thiophene rings is 1. The molecule has 5 heteroatoms. The van der Waals surface area contributed by atoms with Gasteiger partial charge in [-0.1, -0.05) is 18.2 Å². The van der Waals surface area contributed by atoms with Crippen molar-refractivity contribution in [2.45, 2.75) is 25.3 Å². The lowest BCUT2D eigenvalue weighted by molar-refractivity contribution is 0.0293. The molecule has 3 rings (SSSR count). The Morgan fingerprint density at radius 3 is 2.70 bits per heavy atom. The fourth-order valence-electron chi connectivity index (χ4n) is 2.92. The lowest BCUT2D eigenvalue weighted by Crippen LogP contribution is -2.44. The normalized spacial score (nSPS) is 15.5. The van der Waals surface area contributed by atoms with Gasteiger partial charge in [-0.2, -0.15) is 0 Å². The van der Waals surface area contributed by atoms with Crippen molar-refractivity contribution in [2.75, 3.05) is 19.8 Å². The topological polar surface area (TPSA) is 29.5 Å². The Kier molecular flexibility index (Phi) is 6.08. The van der Waals surface area contributed by atoms with E-state index in [1.165, 1.54) is 4.88 Å². The van der Waals surface area contributed by atoms with E-state index in [1.807, 2.05) is 24.3 Å². The van der Waals surface area contributed by atoms with Crippen molar-refractivity contribution in [1.82, 2.24) is 4.90 Å². The van der Waals surface area contributed by atoms with Crippen LogP contribution in [0.5, 0.6) is 0 Å². The van der Waals surface area contributed by atoms with E-state index in [1.54, 1.807) is 11.3 Å². The van der Waals surface area contributed by atoms with Crippen molar-refractivity contribution < 1.29 is 9.53 Å². The summed E-state index contributed by atoms with van der Waals surface area (Å²) in [6.45, 7) is 2.27. The van der Waals surface area contributed by atoms with Gasteiger partial charge in [-0.15, -0.1) is 11.3 Å². The minimum absolute atomic E-state index is 0.151. The SMILES string of the molecule is O=C(c1ccccc1I)N(CCc1cccs1)C1CCOCC1. The molecule has 0 aliphatic carbocycles. The van der Waals surface area contributed by atoms with E-state index < -0.39 is 0 Å². The zero-order chi connectivity index (χ0) is 16.1. The van der Waals surface area contributed by atoms with Crippen molar-refractivity contribution in [1.29, 1.82) is 0 Å². The van der Waals surface area contributed by atoms with Gasteiger partial charge in [0.25, 0.3) is 5.91 Å². The summed E-state index contributed by atoms with van der Waals surface area (Å²) >= 11 is 4.01. The molecule has 2 heterocycles. The summed E-state index contributed by atoms with van der Waals surface area (Å²) in [5.41, 5.74) is 0.811. The number of rotatable bonds is 5. The van der Waals surface area contributed by atoms with Gasteiger partial charge in [0.1, 0.15) is 0 Å². The maximum Gasteiger partial charge on any atom is 0.255 e. The summed E-state index contributed by atoms with van der Waals surface area (Å²) < 4.78 is 6.49. The van der Waals surface area contributed by atoms with Crippen molar-refractivity contribution in [2.24, 2.45) is 0 Å². The molecular weight excluding hydrogens is 421 g/mol. The third kappa shape index (κ3) is 4.33. The summed E-state index contributed by atoms with van der Waals surface area (Å²) in [6, 6.07) is 12.3. The van der Waals surface area contributed by atoms with Gasteiger partial charge < -0.3 is 9.64 Å². The maximum absolute atomic E-state index is 13.1. The van der Waals surface area contributed by atoms with E-state index in [2.05, 4.69) is 45.0 Å². The number of hydrogen-bond donors (Lipinski definition) is 0. The van der Waals surface area contributed by atoms with Crippen LogP contribution >= 0.6 is 33.9 Å². The summed E-state index contributed by atoms with van der Waals surface area (Å²) in [7, 11) is 0. The third-order valence-corrected chi connectivity index (χ3v) is 6.05. The Balaban J connectivity index is 1.78. The number of carbonyl (C=O) groups is 1. The Bertz CT molecular complexity index is 638. The molecule has 2 aromatic rings. The number of carbonyl (C=O) groups excluding carboxylic acids is 1. The largest absolute Gasteiger partial charge is 0.381 e. The molecule has 0 spiro atoms. The first-order chi connectivity index (χ1) is 11.3. The molecule has 1 saturated heterocycles. The number of halogens is 1. The van der Waals surface area contributed by atoms with Crippen molar-refractivity contribution in [3.8, 4) is 0 Å². The molecule has 0 atom stereocenters. The summed E-state index contributed by atoms with van der Waals surface area (Å²) in [5, 5.41) is 2.09. The smallest absolute Gasteiger partial charge is 0.255 e. The monoisotopic (exact) mass is 441 g/mol. The van der Waals surface area contributed by atoms with Crippen LogP contribution < -0.4 is 0 Å². The van der Waals surface area contributed by atoms with Crippen LogP contribution in [0.25, 0.3) is 0 Å². The minimum atomic E-state index is 0.151. The van der Waals surface area contributed by atoms with Crippen LogP contribution in [0.3, 0.4) is 0 Å². The summed E-state index contributed by atoms with van der Waals surface area (Å²) in [5.74, 6) is 0.151. The van der Waals surface area contributed by atoms with E-state index in [-0.39, 0.29) is 11.9 Å². The summed E-state index contributed by atoms with van der Waals surface area (Å²) in [4.78, 5) is 16.5. The number of ether oxygens (including phenoxy) is 1. The highest BCUT2D eigenvalue weighted by Gasteiger charge is 2.27. The average Bonchev–Trinajstić information content (AvgIpc) is 3.10. The maximum atomic E-state index is 13.1. The molecule has 3 nitrogen and oxygen atoms in total. The Morgan fingerprint density at radius 1 is 1.22 bits per heavy atom. The van der Waals surface area contributed by atoms with Crippen LogP contribution in [0.4, 0.5) is 0 Å². The minimum Gasteiger partial charge on any atom is -0.381 e. The highest BCUT2D eigenvalue weighted by molar-refractivity contribution is 14.1. The highest BCUT2D eigenvalue weighted by Crippen LogP contribution is 2.21. The standard InChI is InChI=1S/C18H20INO2S/c19-17-6-2-1-5-16(17)18(21)20(14-8-11-22-12-9-14)10-7-15-4-3-13-23-15/h1-6,13-14H,7-12H2. The molecule has 0 radical (unpaired) electrons. The van der Waals surface area contributed by atoms with E-state index in [9.17, 15) is 4.79 Å². The molecule has 0 saturated carbocycles. The molecule has 1 aliphatic rings. The quantitative estimate of drug-likeness (QED) is 0.651. The van der Waals surface area contributed by atoms with Gasteiger partial charge in [0.05, 0.1) is 5.56 Å². The van der Waals surface area contributed by atoms with Gasteiger partial charge in [-0.05, 0) is 65.4 Å². The number of benzene rings is 1. The first-order valence-electron chi connectivity index (χ1n) is 7.91. The van der Waals surface area contributed by atoms with Gasteiger partial charge in [-0.3, -0.25) is 4.79 Å². The van der Waals surface area contributed by atoms with Crippen molar-refractivity contribution in [3.63, 3.8) is 0 Å². The van der Waals surface area contributed by atoms with Crippen molar-refractivity contribution in [3.05, 3.63) is 55.8 Å². The zero-order valence-electron chi connectivity index (χ0n) is 12.9. The average molecular weight is 441 g/mol. The second kappa shape index (κ2) is 8.26. The van der Waals surface area contributed by atoms with Gasteiger partial charge in [0.2, 0.25) is 0 Å². The van der Waals surface area contributed by atoms with Crippen molar-refractivity contribution >= 4 is 39.8 Å². The lowest BCUT2D eigenvalue weighted by atomic mass is 10.0. The third-order valence-electron chi connectivity index (χ3n) is 4.18. The number of hydrogen-bond acceptors (Lipinski definition) is 3. The van der Waals surface area contributed by atoms with Crippen LogP contribution in [0, 0.1) is 3.57 Å². The highest BCUT2D eigenvalue weighted by atomic mass is 127. The predicted octanol–water partition coefficient (Wildman–Crippen LogP) is 4.22. The van der Waals surface area contributed by atoms with Crippen LogP contribution in [0.2, 0.25) is 0 Å². The fourth-order valence-corrected chi connectivity index (χ4v) is 4.24. The first kappa shape index (κ1) is 16.9. The summed E-state index contributed by atoms with van der Waals surface area (Å²) in [6.07, 6.45) is 2.78. The molecule has 0 bridgehead atoms. The van der Waals surface area contributed by atoms with Gasteiger partial charge in [0, 0.05) is 34.2 Å². The van der Waals surface area contributed by atoms with Gasteiger partial charge in [0.15, 0.2) is 0 Å². The van der Waals surface area contributed by atoms with Crippen LogP contribution in [0.15, 0.2) is 41.8 Å². The van der Waals surface area contributed by atoms with Crippen LogP contribution in [0.1, 0.15) is 28.1 Å². The zero-order valence-corrected chi connectivity index (χ0v) is 15.9. The molecule has 122 valence electrons. The lowest BCUT2D eigenvalue weighted by Gasteiger charge is -2.34. The molecule has 1 fully saturated rings. The van der Waals surface area contributed by atoms with E-state index >= 15 is 0 Å². The molecule has 1 aromatic carbocycles. The number of amides is 1. The molecule has 0 N–H and O–H groups in total. The molecule has 0 unspecified atom stereocenters. The predicted molar refractivity (Wildman–Crippen MR) is 102 cm³/mol. The van der Waals surface area contributed by atoms with E-state index in [0.29, 0.717) is 0 Å². The Morgan fingerprint density at radius 2 is 2.00 bits per heavy atom. The second-order valence-electron chi connectivity index (χ2n) is 5.65. The molecule has 23 heavy (non-hydrogen) atoms. The fraction of sp³-hybridized carbons (Fsp3) is 0.389. The Labute approximate surface area is 154 Å². The van der Waals surface area contributed by atoms with Crippen LogP contribution in [-0.2, 0) is 11.2 Å². The van der Waals surface area contributed by atoms with Gasteiger partial charge >= 0.3 is 0 Å². The number of nitrogens with zero attached hydrogens (tertiary/aromatic N) is 1. The van der Waals surface area contributed by atoms with Gasteiger partial charge in [-0.25, -0.2) is 0 Å². The van der Waals surface area contributed by atoms with Crippen LogP contribution in [-0.4, -0.2) is 36.6 Å². The molecular formula is C18H20INO2S. The molecule has 1 aromatic heterocycles. The first-order valence-corrected chi connectivity index (χ1v) is 9.87.